The lowest BCUT2D eigenvalue weighted by atomic mass is 9.86. The van der Waals surface area contributed by atoms with Crippen LogP contribution >= 0.6 is 0 Å². The molecule has 0 aliphatic carbocycles. The molecule has 3 atom stereocenters. The second-order valence-electron chi connectivity index (χ2n) is 7.57. The molecular formula is C19H23NO5. The lowest BCUT2D eigenvalue weighted by molar-refractivity contribution is -0.184. The smallest absolute Gasteiger partial charge is 0.356 e. The average molecular weight is 345 g/mol. The molecule has 1 aromatic carbocycles. The number of carboxylic acids is 1. The predicted molar refractivity (Wildman–Crippen MR) is 90.1 cm³/mol. The van der Waals surface area contributed by atoms with E-state index in [1.165, 1.54) is 4.90 Å². The third kappa shape index (κ3) is 3.02. The summed E-state index contributed by atoms with van der Waals surface area (Å²) >= 11 is 0. The minimum Gasteiger partial charge on any atom is -0.476 e. The quantitative estimate of drug-likeness (QED) is 0.799. The number of carbonyl (C=O) groups is 2. The second-order valence-corrected chi connectivity index (χ2v) is 7.57. The van der Waals surface area contributed by atoms with Gasteiger partial charge in [0.1, 0.15) is 11.7 Å². The van der Waals surface area contributed by atoms with Gasteiger partial charge in [-0.2, -0.15) is 0 Å². The Kier molecular flexibility index (Phi) is 4.33. The number of amides is 1. The molecular weight excluding hydrogens is 322 g/mol. The molecule has 0 radical (unpaired) electrons. The summed E-state index contributed by atoms with van der Waals surface area (Å²) in [6.07, 6.45) is -0.535. The van der Waals surface area contributed by atoms with Crippen molar-refractivity contribution in [1.82, 2.24) is 4.90 Å². The first-order chi connectivity index (χ1) is 11.7. The normalized spacial score (nSPS) is 23.8. The van der Waals surface area contributed by atoms with Crippen molar-refractivity contribution in [1.29, 1.82) is 0 Å². The van der Waals surface area contributed by atoms with Gasteiger partial charge >= 0.3 is 5.97 Å². The van der Waals surface area contributed by atoms with E-state index in [0.29, 0.717) is 12.8 Å². The summed E-state index contributed by atoms with van der Waals surface area (Å²) in [4.78, 5) is 25.2. The summed E-state index contributed by atoms with van der Waals surface area (Å²) in [7, 11) is 0. The fourth-order valence-corrected chi connectivity index (χ4v) is 3.36. The molecule has 3 rings (SSSR count). The van der Waals surface area contributed by atoms with Crippen molar-refractivity contribution in [2.24, 2.45) is 11.3 Å². The molecule has 0 unspecified atom stereocenters. The summed E-state index contributed by atoms with van der Waals surface area (Å²) in [6, 6.07) is 9.71. The van der Waals surface area contributed by atoms with Crippen LogP contribution < -0.4 is 0 Å². The number of carboxylic acid groups (broad SMARTS) is 1. The monoisotopic (exact) mass is 345 g/mol. The molecule has 1 saturated heterocycles. The number of hydrogen-bond acceptors (Lipinski definition) is 4. The summed E-state index contributed by atoms with van der Waals surface area (Å²) in [5, 5.41) is 19.9. The number of fused-ring (bicyclic) bond motifs is 1. The van der Waals surface area contributed by atoms with Gasteiger partial charge in [0.25, 0.3) is 0 Å². The van der Waals surface area contributed by atoms with Gasteiger partial charge in [-0.05, 0) is 18.4 Å². The number of hydrogen-bond donors (Lipinski definition) is 2. The number of aliphatic carboxylic acids is 1. The molecule has 6 heteroatoms. The van der Waals surface area contributed by atoms with Crippen molar-refractivity contribution in [2.75, 3.05) is 0 Å². The van der Waals surface area contributed by atoms with Crippen LogP contribution in [-0.2, 0) is 20.7 Å². The molecule has 2 N–H and O–H groups in total. The lowest BCUT2D eigenvalue weighted by Crippen LogP contribution is -2.63. The van der Waals surface area contributed by atoms with Crippen molar-refractivity contribution in [3.63, 3.8) is 0 Å². The van der Waals surface area contributed by atoms with E-state index in [1.807, 2.05) is 51.1 Å². The highest BCUT2D eigenvalue weighted by molar-refractivity contribution is 5.98. The Morgan fingerprint density at radius 1 is 1.28 bits per heavy atom. The van der Waals surface area contributed by atoms with Crippen molar-refractivity contribution in [3.8, 4) is 0 Å². The number of ether oxygens (including phenoxy) is 1. The van der Waals surface area contributed by atoms with Crippen molar-refractivity contribution in [3.05, 3.63) is 47.4 Å². The molecule has 25 heavy (non-hydrogen) atoms. The lowest BCUT2D eigenvalue weighted by Gasteiger charge is -2.43. The summed E-state index contributed by atoms with van der Waals surface area (Å²) < 4.78 is 5.80. The van der Waals surface area contributed by atoms with Gasteiger partial charge in [-0.15, -0.1) is 0 Å². The standard InChI is InChI=1S/C19H23NO5/c1-19(2,3)15-14(18(23)24)20-16(22)13(17(20)25-15)12(21)10-9-11-7-5-4-6-8-11/h4-8,12-13,17,21H,9-10H2,1-3H3,(H,23,24)/t12-,13-,17+/m0/s1. The largest absolute Gasteiger partial charge is 0.476 e. The zero-order chi connectivity index (χ0) is 18.4. The van der Waals surface area contributed by atoms with Gasteiger partial charge in [-0.25, -0.2) is 4.79 Å². The molecule has 2 heterocycles. The van der Waals surface area contributed by atoms with E-state index in [0.717, 1.165) is 5.56 Å². The van der Waals surface area contributed by atoms with Crippen molar-refractivity contribution in [2.45, 2.75) is 45.9 Å². The molecule has 0 saturated carbocycles. The number of aliphatic hydroxyl groups is 1. The van der Waals surface area contributed by atoms with E-state index in [2.05, 4.69) is 0 Å². The third-order valence-corrected chi connectivity index (χ3v) is 4.65. The third-order valence-electron chi connectivity index (χ3n) is 4.65. The topological polar surface area (TPSA) is 87.1 Å². The number of β-lactam (4-membered cyclic amide) rings is 1. The second kappa shape index (κ2) is 6.19. The Hall–Kier alpha value is -2.34. The van der Waals surface area contributed by atoms with Crippen LogP contribution in [0.25, 0.3) is 0 Å². The maximum atomic E-state index is 12.5. The molecule has 2 aliphatic heterocycles. The fraction of sp³-hybridized carbons (Fsp3) is 0.474. The van der Waals surface area contributed by atoms with Gasteiger partial charge in [0.05, 0.1) is 6.10 Å². The van der Waals surface area contributed by atoms with Gasteiger partial charge in [0, 0.05) is 5.41 Å². The maximum absolute atomic E-state index is 12.5. The molecule has 1 fully saturated rings. The van der Waals surface area contributed by atoms with E-state index in [4.69, 9.17) is 4.74 Å². The first kappa shape index (κ1) is 17.5. The van der Waals surface area contributed by atoms with E-state index in [-0.39, 0.29) is 17.4 Å². The first-order valence-corrected chi connectivity index (χ1v) is 8.41. The highest BCUT2D eigenvalue weighted by Crippen LogP contribution is 2.47. The Labute approximate surface area is 146 Å². The number of aryl methyl sites for hydroxylation is 1. The molecule has 0 bridgehead atoms. The van der Waals surface area contributed by atoms with Gasteiger partial charge < -0.3 is 14.9 Å². The SMILES string of the molecule is CC(C)(C)C1=C(C(=O)O)N2C(=O)[C@H]([C@@H](O)CCc3ccccc3)[C@H]2O1. The number of nitrogens with zero attached hydrogens (tertiary/aromatic N) is 1. The molecule has 1 aromatic rings. The van der Waals surface area contributed by atoms with Crippen LogP contribution in [-0.4, -0.2) is 39.3 Å². The van der Waals surface area contributed by atoms with Crippen LogP contribution in [0.3, 0.4) is 0 Å². The number of benzene rings is 1. The minimum absolute atomic E-state index is 0.103. The predicted octanol–water partition coefficient (Wildman–Crippen LogP) is 2.14. The summed E-state index contributed by atoms with van der Waals surface area (Å²) in [5.41, 5.74) is 0.441. The van der Waals surface area contributed by atoms with E-state index >= 15 is 0 Å². The molecule has 1 amide bonds. The van der Waals surface area contributed by atoms with Crippen molar-refractivity contribution >= 4 is 11.9 Å². The number of aliphatic hydroxyl groups excluding tert-OH is 1. The van der Waals surface area contributed by atoms with Gasteiger partial charge in [-0.1, -0.05) is 51.1 Å². The highest BCUT2D eigenvalue weighted by atomic mass is 16.5. The molecule has 0 aromatic heterocycles. The zero-order valence-corrected chi connectivity index (χ0v) is 14.6. The molecule has 6 nitrogen and oxygen atoms in total. The Balaban J connectivity index is 1.72. The number of rotatable bonds is 5. The zero-order valence-electron chi connectivity index (χ0n) is 14.6. The van der Waals surface area contributed by atoms with E-state index in [1.54, 1.807) is 0 Å². The first-order valence-electron chi connectivity index (χ1n) is 8.41. The van der Waals surface area contributed by atoms with Crippen LogP contribution in [0.15, 0.2) is 41.8 Å². The fourth-order valence-electron chi connectivity index (χ4n) is 3.36. The van der Waals surface area contributed by atoms with Gasteiger partial charge in [-0.3, -0.25) is 9.69 Å². The van der Waals surface area contributed by atoms with Crippen molar-refractivity contribution < 1.29 is 24.5 Å². The number of allylic oxidation sites excluding steroid dienone is 1. The average Bonchev–Trinajstić information content (AvgIpc) is 2.89. The maximum Gasteiger partial charge on any atom is 0.356 e. The van der Waals surface area contributed by atoms with Crippen LogP contribution in [0.2, 0.25) is 0 Å². The van der Waals surface area contributed by atoms with Crippen LogP contribution in [0.1, 0.15) is 32.8 Å². The summed E-state index contributed by atoms with van der Waals surface area (Å²) in [5.74, 6) is -2.01. The van der Waals surface area contributed by atoms with E-state index < -0.39 is 29.6 Å². The van der Waals surface area contributed by atoms with Gasteiger partial charge in [0.2, 0.25) is 5.91 Å². The Morgan fingerprint density at radius 3 is 2.48 bits per heavy atom. The summed E-state index contributed by atoms with van der Waals surface area (Å²) in [6.45, 7) is 5.51. The van der Waals surface area contributed by atoms with Crippen LogP contribution in [0.4, 0.5) is 0 Å². The minimum atomic E-state index is -1.18. The van der Waals surface area contributed by atoms with Gasteiger partial charge in [0.15, 0.2) is 11.9 Å². The molecule has 0 spiro atoms. The molecule has 134 valence electrons. The Morgan fingerprint density at radius 2 is 1.92 bits per heavy atom. The molecule has 2 aliphatic rings. The van der Waals surface area contributed by atoms with Crippen LogP contribution in [0.5, 0.6) is 0 Å². The van der Waals surface area contributed by atoms with Crippen LogP contribution in [0, 0.1) is 11.3 Å². The van der Waals surface area contributed by atoms with E-state index in [9.17, 15) is 19.8 Å². The highest BCUT2D eigenvalue weighted by Gasteiger charge is 2.60. The Bertz CT molecular complexity index is 719. The number of carbonyl (C=O) groups excluding carboxylic acids is 1.